The third kappa shape index (κ3) is 2.15. The number of rotatable bonds is 1. The molecule has 1 aromatic carbocycles. The predicted molar refractivity (Wildman–Crippen MR) is 48.8 cm³/mol. The van der Waals surface area contributed by atoms with Crippen LogP contribution in [0.5, 0.6) is 0 Å². The zero-order valence-electron chi connectivity index (χ0n) is 6.14. The Labute approximate surface area is 73.9 Å². The van der Waals surface area contributed by atoms with E-state index in [2.05, 4.69) is 15.9 Å². The molecule has 2 heteroatoms. The lowest BCUT2D eigenvalue weighted by Crippen LogP contribution is -1.80. The highest BCUT2D eigenvalue weighted by atomic mass is 79.9. The van der Waals surface area contributed by atoms with Gasteiger partial charge in [-0.15, -0.1) is 0 Å². The van der Waals surface area contributed by atoms with Crippen LogP contribution in [0.3, 0.4) is 0 Å². The van der Waals surface area contributed by atoms with Gasteiger partial charge in [0, 0.05) is 10.0 Å². The number of benzene rings is 1. The highest BCUT2D eigenvalue weighted by molar-refractivity contribution is 9.10. The van der Waals surface area contributed by atoms with E-state index in [-0.39, 0.29) is 5.82 Å². The lowest BCUT2D eigenvalue weighted by Gasteiger charge is -1.95. The van der Waals surface area contributed by atoms with Gasteiger partial charge in [-0.2, -0.15) is 0 Å². The van der Waals surface area contributed by atoms with Crippen LogP contribution in [0.4, 0.5) is 4.39 Å². The van der Waals surface area contributed by atoms with Gasteiger partial charge in [0.25, 0.3) is 0 Å². The van der Waals surface area contributed by atoms with Crippen LogP contribution in [-0.2, 0) is 0 Å². The van der Waals surface area contributed by atoms with Crippen LogP contribution >= 0.6 is 15.9 Å². The first-order chi connectivity index (χ1) is 5.24. The lowest BCUT2D eigenvalue weighted by atomic mass is 10.2. The minimum atomic E-state index is -0.197. The Balaban J connectivity index is 3.09. The van der Waals surface area contributed by atoms with Gasteiger partial charge in [0.05, 0.1) is 0 Å². The molecule has 1 rings (SSSR count). The molecule has 0 N–H and O–H groups in total. The van der Waals surface area contributed by atoms with Crippen LogP contribution in [0.15, 0.2) is 28.7 Å². The Morgan fingerprint density at radius 2 is 2.18 bits per heavy atom. The quantitative estimate of drug-likeness (QED) is 0.671. The number of hydrogen-bond donors (Lipinski definition) is 0. The van der Waals surface area contributed by atoms with Crippen molar-refractivity contribution in [3.8, 4) is 0 Å². The molecule has 0 amide bonds. The first-order valence-electron chi connectivity index (χ1n) is 3.32. The molecule has 0 fully saturated rings. The summed E-state index contributed by atoms with van der Waals surface area (Å²) in [6.45, 7) is 1.86. The molecule has 0 saturated heterocycles. The minimum Gasteiger partial charge on any atom is -0.206 e. The summed E-state index contributed by atoms with van der Waals surface area (Å²) in [7, 11) is 0. The fourth-order valence-electron chi connectivity index (χ4n) is 0.816. The smallest absolute Gasteiger partial charge is 0.131 e. The van der Waals surface area contributed by atoms with Crippen molar-refractivity contribution in [1.29, 1.82) is 0 Å². The van der Waals surface area contributed by atoms with Gasteiger partial charge < -0.3 is 0 Å². The third-order valence-corrected chi connectivity index (χ3v) is 1.80. The fraction of sp³-hybridized carbons (Fsp3) is 0.111. The molecule has 0 aliphatic heterocycles. The average Bonchev–Trinajstić information content (AvgIpc) is 1.95. The zero-order valence-corrected chi connectivity index (χ0v) is 7.73. The summed E-state index contributed by atoms with van der Waals surface area (Å²) in [5.74, 6) is -0.197. The summed E-state index contributed by atoms with van der Waals surface area (Å²) in [5, 5.41) is 0. The van der Waals surface area contributed by atoms with E-state index >= 15 is 0 Å². The van der Waals surface area contributed by atoms with E-state index in [1.165, 1.54) is 6.07 Å². The zero-order chi connectivity index (χ0) is 8.27. The first kappa shape index (κ1) is 8.47. The predicted octanol–water partition coefficient (Wildman–Crippen LogP) is 3.62. The molecule has 0 radical (unpaired) electrons. The molecule has 0 aliphatic rings. The topological polar surface area (TPSA) is 0 Å². The summed E-state index contributed by atoms with van der Waals surface area (Å²) in [6, 6.07) is 5.01. The largest absolute Gasteiger partial charge is 0.206 e. The van der Waals surface area contributed by atoms with E-state index in [0.717, 1.165) is 4.47 Å². The lowest BCUT2D eigenvalue weighted by molar-refractivity contribution is 0.624. The SMILES string of the molecule is CC=Cc1ccc(Br)cc1F. The third-order valence-electron chi connectivity index (χ3n) is 1.31. The summed E-state index contributed by atoms with van der Waals surface area (Å²) >= 11 is 3.18. The van der Waals surface area contributed by atoms with Crippen LogP contribution < -0.4 is 0 Å². The van der Waals surface area contributed by atoms with Gasteiger partial charge in [-0.05, 0) is 19.1 Å². The number of hydrogen-bond acceptors (Lipinski definition) is 0. The second-order valence-corrected chi connectivity index (χ2v) is 3.08. The van der Waals surface area contributed by atoms with Crippen molar-refractivity contribution in [2.75, 3.05) is 0 Å². The molecule has 0 spiro atoms. The average molecular weight is 215 g/mol. The monoisotopic (exact) mass is 214 g/mol. The summed E-state index contributed by atoms with van der Waals surface area (Å²) in [5.41, 5.74) is 0.621. The van der Waals surface area contributed by atoms with Gasteiger partial charge >= 0.3 is 0 Å². The van der Waals surface area contributed by atoms with E-state index in [0.29, 0.717) is 5.56 Å². The van der Waals surface area contributed by atoms with Crippen LogP contribution in [0.1, 0.15) is 12.5 Å². The number of halogens is 2. The van der Waals surface area contributed by atoms with Gasteiger partial charge in [0.1, 0.15) is 5.82 Å². The van der Waals surface area contributed by atoms with Gasteiger partial charge in [-0.25, -0.2) is 4.39 Å². The van der Waals surface area contributed by atoms with E-state index in [1.807, 2.05) is 19.1 Å². The summed E-state index contributed by atoms with van der Waals surface area (Å²) in [4.78, 5) is 0. The van der Waals surface area contributed by atoms with Crippen molar-refractivity contribution in [3.63, 3.8) is 0 Å². The van der Waals surface area contributed by atoms with Crippen LogP contribution in [0.2, 0.25) is 0 Å². The van der Waals surface area contributed by atoms with Gasteiger partial charge in [-0.3, -0.25) is 0 Å². The van der Waals surface area contributed by atoms with Crippen LogP contribution in [0.25, 0.3) is 6.08 Å². The molecule has 58 valence electrons. The molecule has 0 heterocycles. The molecule has 0 aliphatic carbocycles. The maximum atomic E-state index is 13.0. The Morgan fingerprint density at radius 3 is 2.73 bits per heavy atom. The normalized spacial score (nSPS) is 10.8. The standard InChI is InChI=1S/C9H8BrF/c1-2-3-7-4-5-8(10)6-9(7)11/h2-6H,1H3. The highest BCUT2D eigenvalue weighted by Crippen LogP contribution is 2.15. The van der Waals surface area contributed by atoms with Crippen LogP contribution in [-0.4, -0.2) is 0 Å². The van der Waals surface area contributed by atoms with E-state index in [1.54, 1.807) is 12.1 Å². The van der Waals surface area contributed by atoms with Crippen molar-refractivity contribution >= 4 is 22.0 Å². The Morgan fingerprint density at radius 1 is 1.45 bits per heavy atom. The highest BCUT2D eigenvalue weighted by Gasteiger charge is 1.96. The van der Waals surface area contributed by atoms with Crippen molar-refractivity contribution in [1.82, 2.24) is 0 Å². The molecular weight excluding hydrogens is 207 g/mol. The van der Waals surface area contributed by atoms with Crippen molar-refractivity contribution in [2.24, 2.45) is 0 Å². The molecule has 0 nitrogen and oxygen atoms in total. The minimum absolute atomic E-state index is 0.197. The molecule has 0 atom stereocenters. The molecule has 0 aromatic heterocycles. The molecule has 0 bridgehead atoms. The van der Waals surface area contributed by atoms with E-state index in [4.69, 9.17) is 0 Å². The van der Waals surface area contributed by atoms with Gasteiger partial charge in [0.2, 0.25) is 0 Å². The maximum Gasteiger partial charge on any atom is 0.131 e. The Hall–Kier alpha value is -0.630. The Bertz CT molecular complexity index is 279. The molecular formula is C9H8BrF. The summed E-state index contributed by atoms with van der Waals surface area (Å²) in [6.07, 6.45) is 3.55. The molecule has 0 saturated carbocycles. The van der Waals surface area contributed by atoms with Crippen molar-refractivity contribution in [2.45, 2.75) is 6.92 Å². The molecule has 1 aromatic rings. The van der Waals surface area contributed by atoms with Gasteiger partial charge in [0.15, 0.2) is 0 Å². The second kappa shape index (κ2) is 3.67. The van der Waals surface area contributed by atoms with Crippen molar-refractivity contribution in [3.05, 3.63) is 40.1 Å². The maximum absolute atomic E-state index is 13.0. The number of allylic oxidation sites excluding steroid dienone is 1. The Kier molecular flexibility index (Phi) is 2.83. The first-order valence-corrected chi connectivity index (χ1v) is 4.11. The van der Waals surface area contributed by atoms with Crippen molar-refractivity contribution < 1.29 is 4.39 Å². The van der Waals surface area contributed by atoms with E-state index in [9.17, 15) is 4.39 Å². The van der Waals surface area contributed by atoms with Crippen LogP contribution in [0, 0.1) is 5.82 Å². The molecule has 0 unspecified atom stereocenters. The fourth-order valence-corrected chi connectivity index (χ4v) is 1.15. The summed E-state index contributed by atoms with van der Waals surface area (Å²) < 4.78 is 13.7. The van der Waals surface area contributed by atoms with Gasteiger partial charge in [-0.1, -0.05) is 34.1 Å². The van der Waals surface area contributed by atoms with E-state index < -0.39 is 0 Å². The second-order valence-electron chi connectivity index (χ2n) is 2.17. The molecule has 11 heavy (non-hydrogen) atoms.